The van der Waals surface area contributed by atoms with Crippen molar-refractivity contribution in [2.45, 2.75) is 65.3 Å². The van der Waals surface area contributed by atoms with E-state index in [1.807, 2.05) is 0 Å². The second kappa shape index (κ2) is 11.3. The van der Waals surface area contributed by atoms with Crippen molar-refractivity contribution in [3.05, 3.63) is 29.3 Å². The monoisotopic (exact) mass is 441 g/mol. The Balaban J connectivity index is 2.12. The van der Waals surface area contributed by atoms with Crippen LogP contribution in [0.3, 0.4) is 0 Å². The molecule has 0 spiro atoms. The van der Waals surface area contributed by atoms with Gasteiger partial charge in [0.15, 0.2) is 6.79 Å². The zero-order valence-corrected chi connectivity index (χ0v) is 19.9. The Bertz CT molecular complexity index is 749. The van der Waals surface area contributed by atoms with Gasteiger partial charge in [0.1, 0.15) is 18.1 Å². The van der Waals surface area contributed by atoms with Crippen LogP contribution in [-0.2, 0) is 23.4 Å². The molecule has 1 aromatic carbocycles. The first-order chi connectivity index (χ1) is 14.2. The topological polar surface area (TPSA) is 83.1 Å². The van der Waals surface area contributed by atoms with E-state index < -0.39 is 19.5 Å². The molecule has 8 heteroatoms. The number of carbonyl (C=O) groups is 1. The number of hydrogen-bond acceptors (Lipinski definition) is 6. The number of rotatable bonds is 13. The maximum atomic E-state index is 13.1. The summed E-state index contributed by atoms with van der Waals surface area (Å²) in [6.45, 7) is 9.79. The second-order valence-corrected chi connectivity index (χ2v) is 10.3. The van der Waals surface area contributed by atoms with E-state index in [-0.39, 0.29) is 25.7 Å². The van der Waals surface area contributed by atoms with E-state index in [0.29, 0.717) is 11.8 Å². The summed E-state index contributed by atoms with van der Waals surface area (Å²) in [6, 6.07) is 5.42. The van der Waals surface area contributed by atoms with Crippen LogP contribution >= 0.6 is 7.52 Å². The minimum Gasteiger partial charge on any atom is -0.466 e. The molecule has 1 unspecified atom stereocenters. The molecule has 1 aliphatic carbocycles. The Morgan fingerprint density at radius 2 is 1.87 bits per heavy atom. The van der Waals surface area contributed by atoms with Crippen LogP contribution in [0, 0.1) is 5.92 Å². The van der Waals surface area contributed by atoms with Gasteiger partial charge in [-0.2, -0.15) is 0 Å². The molecule has 0 saturated heterocycles. The predicted molar refractivity (Wildman–Crippen MR) is 117 cm³/mol. The van der Waals surface area contributed by atoms with E-state index in [1.165, 1.54) is 20.0 Å². The summed E-state index contributed by atoms with van der Waals surface area (Å²) in [6.07, 6.45) is 2.29. The first-order valence-electron chi connectivity index (χ1n) is 10.6. The molecule has 1 aromatic rings. The van der Waals surface area contributed by atoms with Crippen molar-refractivity contribution < 1.29 is 28.1 Å². The Morgan fingerprint density at radius 1 is 1.20 bits per heavy atom. The van der Waals surface area contributed by atoms with Crippen molar-refractivity contribution in [1.82, 2.24) is 5.09 Å². The third-order valence-corrected chi connectivity index (χ3v) is 7.21. The molecular weight excluding hydrogens is 405 g/mol. The van der Waals surface area contributed by atoms with Crippen molar-refractivity contribution in [1.29, 1.82) is 0 Å². The van der Waals surface area contributed by atoms with Gasteiger partial charge in [-0.15, -0.1) is 0 Å². The first-order valence-corrected chi connectivity index (χ1v) is 12.5. The van der Waals surface area contributed by atoms with Gasteiger partial charge in [-0.1, -0.05) is 39.0 Å². The van der Waals surface area contributed by atoms with Crippen molar-refractivity contribution in [3.63, 3.8) is 0 Å². The lowest BCUT2D eigenvalue weighted by atomic mass is 9.90. The number of ether oxygens (including phenoxy) is 3. The van der Waals surface area contributed by atoms with Crippen LogP contribution in [0.1, 0.15) is 70.4 Å². The number of nitrogens with one attached hydrogen (secondary N) is 1. The van der Waals surface area contributed by atoms with Crippen LogP contribution in [0.5, 0.6) is 5.75 Å². The van der Waals surface area contributed by atoms with Crippen LogP contribution in [-0.4, -0.2) is 38.9 Å². The molecule has 7 nitrogen and oxygen atoms in total. The fourth-order valence-electron chi connectivity index (χ4n) is 3.47. The molecule has 0 aliphatic heterocycles. The molecule has 0 aromatic heterocycles. The highest BCUT2D eigenvalue weighted by Gasteiger charge is 2.32. The number of para-hydroxylation sites is 1. The van der Waals surface area contributed by atoms with Gasteiger partial charge in [-0.3, -0.25) is 13.9 Å². The average Bonchev–Trinajstić information content (AvgIpc) is 3.53. The van der Waals surface area contributed by atoms with Gasteiger partial charge in [0, 0.05) is 7.11 Å². The summed E-state index contributed by atoms with van der Waals surface area (Å²) in [4.78, 5) is 11.9. The lowest BCUT2D eigenvalue weighted by Gasteiger charge is -2.24. The molecule has 30 heavy (non-hydrogen) atoms. The lowest BCUT2D eigenvalue weighted by Crippen LogP contribution is -2.35. The minimum absolute atomic E-state index is 0.183. The first kappa shape index (κ1) is 24.9. The third kappa shape index (κ3) is 6.81. The Kier molecular flexibility index (Phi) is 9.35. The van der Waals surface area contributed by atoms with Crippen LogP contribution < -0.4 is 9.82 Å². The van der Waals surface area contributed by atoms with Crippen molar-refractivity contribution >= 4 is 13.5 Å². The SMILES string of the molecule is CCOC(=O)[C@H](C)NP(=O)(COC)OCOc1c(C(C)C)cccc1[C@H](C)C1CC1. The summed E-state index contributed by atoms with van der Waals surface area (Å²) < 4.78 is 34.8. The van der Waals surface area contributed by atoms with Crippen molar-refractivity contribution in [3.8, 4) is 5.75 Å². The van der Waals surface area contributed by atoms with Crippen molar-refractivity contribution in [2.24, 2.45) is 5.92 Å². The lowest BCUT2D eigenvalue weighted by molar-refractivity contribution is -0.144. The fraction of sp³-hybridized carbons (Fsp3) is 0.682. The summed E-state index contributed by atoms with van der Waals surface area (Å²) in [5, 5.41) is 2.72. The highest BCUT2D eigenvalue weighted by molar-refractivity contribution is 7.56. The number of esters is 1. The van der Waals surface area contributed by atoms with E-state index in [0.717, 1.165) is 16.9 Å². The maximum Gasteiger partial charge on any atom is 0.323 e. The standard InChI is InChI=1S/C22H36NO6P/c1-7-27-22(24)17(5)23-30(25,14-26-6)29-13-28-21-19(15(2)3)9-8-10-20(21)16(4)18-11-12-18/h8-10,15-18H,7,11-14H2,1-6H3,(H,23,25)/t16-,17+,30?/m1/s1. The number of benzene rings is 1. The Hall–Kier alpha value is -1.40. The molecule has 3 atom stereocenters. The minimum atomic E-state index is -3.47. The normalized spacial score (nSPS) is 18.0. The van der Waals surface area contributed by atoms with Crippen LogP contribution in [0.15, 0.2) is 18.2 Å². The molecule has 1 fully saturated rings. The van der Waals surface area contributed by atoms with Crippen LogP contribution in [0.2, 0.25) is 0 Å². The van der Waals surface area contributed by atoms with E-state index >= 15 is 0 Å². The number of hydrogen-bond donors (Lipinski definition) is 1. The van der Waals surface area contributed by atoms with E-state index in [4.69, 9.17) is 18.7 Å². The molecule has 0 heterocycles. The second-order valence-electron chi connectivity index (χ2n) is 8.13. The van der Waals surface area contributed by atoms with Crippen molar-refractivity contribution in [2.75, 3.05) is 26.9 Å². The quantitative estimate of drug-likeness (QED) is 0.262. The third-order valence-electron chi connectivity index (χ3n) is 5.31. The summed E-state index contributed by atoms with van der Waals surface area (Å²) in [7, 11) is -2.04. The zero-order chi connectivity index (χ0) is 22.3. The van der Waals surface area contributed by atoms with Gasteiger partial charge in [-0.25, -0.2) is 5.09 Å². The van der Waals surface area contributed by atoms with Gasteiger partial charge in [0.05, 0.1) is 6.61 Å². The average molecular weight is 442 g/mol. The molecule has 1 saturated carbocycles. The van der Waals surface area contributed by atoms with Crippen LogP contribution in [0.25, 0.3) is 0 Å². The predicted octanol–water partition coefficient (Wildman–Crippen LogP) is 5.01. The van der Waals surface area contributed by atoms with Gasteiger partial charge >= 0.3 is 5.97 Å². The molecule has 0 bridgehead atoms. The summed E-state index contributed by atoms with van der Waals surface area (Å²) in [5.74, 6) is 1.66. The molecule has 1 N–H and O–H groups in total. The largest absolute Gasteiger partial charge is 0.466 e. The molecule has 0 amide bonds. The highest BCUT2D eigenvalue weighted by atomic mass is 31.2. The summed E-state index contributed by atoms with van der Waals surface area (Å²) in [5.41, 5.74) is 2.25. The van der Waals surface area contributed by atoms with Gasteiger partial charge < -0.3 is 14.2 Å². The number of methoxy groups -OCH3 is 1. The van der Waals surface area contributed by atoms with Gasteiger partial charge in [0.2, 0.25) is 0 Å². The van der Waals surface area contributed by atoms with E-state index in [2.05, 4.69) is 44.1 Å². The summed E-state index contributed by atoms with van der Waals surface area (Å²) >= 11 is 0. The molecule has 170 valence electrons. The molecule has 0 radical (unpaired) electrons. The molecule has 1 aliphatic rings. The Morgan fingerprint density at radius 3 is 2.43 bits per heavy atom. The zero-order valence-electron chi connectivity index (χ0n) is 19.0. The van der Waals surface area contributed by atoms with Crippen LogP contribution in [0.4, 0.5) is 0 Å². The maximum absolute atomic E-state index is 13.1. The van der Waals surface area contributed by atoms with Gasteiger partial charge in [-0.05, 0) is 55.6 Å². The molecular formula is C22H36NO6P. The van der Waals surface area contributed by atoms with Gasteiger partial charge in [0.25, 0.3) is 7.52 Å². The van der Waals surface area contributed by atoms with E-state index in [1.54, 1.807) is 13.8 Å². The number of carbonyl (C=O) groups excluding carboxylic acids is 1. The highest BCUT2D eigenvalue weighted by Crippen LogP contribution is 2.47. The molecule has 2 rings (SSSR count). The van der Waals surface area contributed by atoms with E-state index in [9.17, 15) is 9.36 Å². The Labute approximate surface area is 180 Å². The smallest absolute Gasteiger partial charge is 0.323 e. The fourth-order valence-corrected chi connectivity index (χ4v) is 4.95.